The quantitative estimate of drug-likeness (QED) is 0.633. The second kappa shape index (κ2) is 7.88. The average Bonchev–Trinajstić information content (AvgIpc) is 2.93. The van der Waals surface area contributed by atoms with Gasteiger partial charge in [0, 0.05) is 18.0 Å². The van der Waals surface area contributed by atoms with Crippen LogP contribution in [-0.4, -0.2) is 28.0 Å². The zero-order chi connectivity index (χ0) is 19.9. The SMILES string of the molecule is C[C@H]1C[C@@H](C)C2(CCN(c3cnc(Sc4cc(N)nc(Cl)c4Cl)cn3)CC2)C1. The molecule has 0 aromatic carbocycles. The Kier molecular flexibility index (Phi) is 5.64. The summed E-state index contributed by atoms with van der Waals surface area (Å²) < 4.78 is 0. The highest BCUT2D eigenvalue weighted by molar-refractivity contribution is 7.99. The maximum atomic E-state index is 6.22. The van der Waals surface area contributed by atoms with Crippen LogP contribution < -0.4 is 10.6 Å². The monoisotopic (exact) mass is 437 g/mol. The van der Waals surface area contributed by atoms with Crippen LogP contribution in [0.25, 0.3) is 0 Å². The summed E-state index contributed by atoms with van der Waals surface area (Å²) in [5.74, 6) is 2.97. The first-order chi connectivity index (χ1) is 13.4. The van der Waals surface area contributed by atoms with Gasteiger partial charge in [-0.2, -0.15) is 0 Å². The number of aromatic nitrogens is 3. The van der Waals surface area contributed by atoms with Crippen molar-refractivity contribution in [2.45, 2.75) is 49.5 Å². The van der Waals surface area contributed by atoms with E-state index in [4.69, 9.17) is 28.9 Å². The molecule has 2 N–H and O–H groups in total. The van der Waals surface area contributed by atoms with Crippen molar-refractivity contribution in [3.8, 4) is 0 Å². The molecule has 2 aliphatic rings. The molecule has 28 heavy (non-hydrogen) atoms. The van der Waals surface area contributed by atoms with E-state index in [9.17, 15) is 0 Å². The van der Waals surface area contributed by atoms with Crippen LogP contribution in [0.3, 0.4) is 0 Å². The third-order valence-electron chi connectivity index (χ3n) is 6.37. The van der Waals surface area contributed by atoms with E-state index in [1.165, 1.54) is 37.4 Å². The standard InChI is InChI=1S/C20H25Cl2N5S/c1-12-7-13(2)20(9-12)3-5-27(6-4-20)16-10-25-17(11-24-16)28-14-8-15(23)26-19(22)18(14)21/h8,10-13H,3-7,9H2,1-2H3,(H2,23,26)/t12-,13+/m0/s1. The van der Waals surface area contributed by atoms with E-state index in [0.717, 1.165) is 40.7 Å². The molecule has 1 saturated heterocycles. The number of rotatable bonds is 3. The van der Waals surface area contributed by atoms with Gasteiger partial charge in [0.25, 0.3) is 0 Å². The number of pyridine rings is 1. The van der Waals surface area contributed by atoms with Crippen molar-refractivity contribution >= 4 is 46.6 Å². The van der Waals surface area contributed by atoms with Crippen molar-refractivity contribution < 1.29 is 0 Å². The molecular formula is C20H25Cl2N5S. The molecule has 1 saturated carbocycles. The first-order valence-electron chi connectivity index (χ1n) is 9.73. The summed E-state index contributed by atoms with van der Waals surface area (Å²) in [5, 5.41) is 1.33. The largest absolute Gasteiger partial charge is 0.384 e. The third-order valence-corrected chi connectivity index (χ3v) is 8.20. The van der Waals surface area contributed by atoms with Crippen molar-refractivity contribution in [1.29, 1.82) is 0 Å². The molecule has 8 heteroatoms. The lowest BCUT2D eigenvalue weighted by Gasteiger charge is -2.42. The number of hydrogen-bond acceptors (Lipinski definition) is 6. The summed E-state index contributed by atoms with van der Waals surface area (Å²) in [5.41, 5.74) is 6.30. The second-order valence-electron chi connectivity index (χ2n) is 8.26. The lowest BCUT2D eigenvalue weighted by Crippen LogP contribution is -2.41. The van der Waals surface area contributed by atoms with Crippen LogP contribution in [0, 0.1) is 17.3 Å². The Balaban J connectivity index is 1.42. The fourth-order valence-corrected chi connectivity index (χ4v) is 6.19. The molecule has 1 spiro atoms. The summed E-state index contributed by atoms with van der Waals surface area (Å²) in [6, 6.07) is 1.70. The van der Waals surface area contributed by atoms with E-state index in [0.29, 0.717) is 16.3 Å². The minimum atomic E-state index is 0.200. The highest BCUT2D eigenvalue weighted by Gasteiger charge is 2.45. The van der Waals surface area contributed by atoms with Crippen LogP contribution in [0.5, 0.6) is 0 Å². The van der Waals surface area contributed by atoms with Gasteiger partial charge in [-0.15, -0.1) is 0 Å². The first kappa shape index (κ1) is 20.0. The van der Waals surface area contributed by atoms with Crippen LogP contribution >= 0.6 is 35.0 Å². The summed E-state index contributed by atoms with van der Waals surface area (Å²) in [6.45, 7) is 6.95. The number of anilines is 2. The predicted octanol–water partition coefficient (Wildman–Crippen LogP) is 5.56. The van der Waals surface area contributed by atoms with Gasteiger partial charge in [0.1, 0.15) is 16.7 Å². The maximum absolute atomic E-state index is 6.22. The number of piperidine rings is 1. The van der Waals surface area contributed by atoms with Crippen molar-refractivity contribution in [3.63, 3.8) is 0 Å². The van der Waals surface area contributed by atoms with Crippen LogP contribution in [0.4, 0.5) is 11.6 Å². The van der Waals surface area contributed by atoms with Gasteiger partial charge in [0.15, 0.2) is 5.15 Å². The van der Waals surface area contributed by atoms with Crippen molar-refractivity contribution in [3.05, 3.63) is 28.6 Å². The molecule has 0 bridgehead atoms. The van der Waals surface area contributed by atoms with Crippen LogP contribution in [0.1, 0.15) is 39.5 Å². The minimum Gasteiger partial charge on any atom is -0.384 e. The summed E-state index contributed by atoms with van der Waals surface area (Å²) >= 11 is 13.6. The molecule has 1 aliphatic carbocycles. The number of nitrogen functional groups attached to an aromatic ring is 1. The number of hydrogen-bond donors (Lipinski definition) is 1. The average molecular weight is 438 g/mol. The van der Waals surface area contributed by atoms with Gasteiger partial charge in [-0.3, -0.25) is 0 Å². The zero-order valence-corrected chi connectivity index (χ0v) is 18.5. The molecule has 5 nitrogen and oxygen atoms in total. The first-order valence-corrected chi connectivity index (χ1v) is 11.3. The minimum absolute atomic E-state index is 0.200. The molecule has 2 aromatic heterocycles. The predicted molar refractivity (Wildman–Crippen MR) is 116 cm³/mol. The fraction of sp³-hybridized carbons (Fsp3) is 0.550. The normalized spacial score (nSPS) is 24.1. The molecule has 2 fully saturated rings. The number of halogens is 2. The van der Waals surface area contributed by atoms with E-state index in [1.54, 1.807) is 12.3 Å². The van der Waals surface area contributed by atoms with Gasteiger partial charge in [-0.1, -0.05) is 48.8 Å². The summed E-state index contributed by atoms with van der Waals surface area (Å²) in [4.78, 5) is 16.2. The summed E-state index contributed by atoms with van der Waals surface area (Å²) in [7, 11) is 0. The molecule has 3 heterocycles. The third kappa shape index (κ3) is 3.91. The Morgan fingerprint density at radius 3 is 2.54 bits per heavy atom. The van der Waals surface area contributed by atoms with E-state index >= 15 is 0 Å². The molecule has 1 aliphatic heterocycles. The van der Waals surface area contributed by atoms with Gasteiger partial charge in [-0.05, 0) is 49.0 Å². The Labute approximate surface area is 180 Å². The molecule has 0 unspecified atom stereocenters. The smallest absolute Gasteiger partial charge is 0.151 e. The molecule has 0 radical (unpaired) electrons. The topological polar surface area (TPSA) is 67.9 Å². The number of nitrogens with two attached hydrogens (primary N) is 1. The highest BCUT2D eigenvalue weighted by Crippen LogP contribution is 2.52. The van der Waals surface area contributed by atoms with Crippen LogP contribution in [0.2, 0.25) is 10.2 Å². The molecule has 4 rings (SSSR count). The fourth-order valence-electron chi connectivity index (χ4n) is 4.92. The highest BCUT2D eigenvalue weighted by atomic mass is 35.5. The van der Waals surface area contributed by atoms with Gasteiger partial charge < -0.3 is 10.6 Å². The van der Waals surface area contributed by atoms with Gasteiger partial charge in [-0.25, -0.2) is 15.0 Å². The van der Waals surface area contributed by atoms with Gasteiger partial charge in [0.2, 0.25) is 0 Å². The Hall–Kier alpha value is -1.24. The molecule has 0 amide bonds. The molecular weight excluding hydrogens is 413 g/mol. The van der Waals surface area contributed by atoms with Crippen molar-refractivity contribution in [2.24, 2.45) is 17.3 Å². The Morgan fingerprint density at radius 2 is 1.93 bits per heavy atom. The summed E-state index contributed by atoms with van der Waals surface area (Å²) in [6.07, 6.45) is 8.88. The Bertz CT molecular complexity index is 852. The van der Waals surface area contributed by atoms with E-state index in [1.807, 2.05) is 6.20 Å². The molecule has 2 atom stereocenters. The zero-order valence-electron chi connectivity index (χ0n) is 16.2. The van der Waals surface area contributed by atoms with Crippen LogP contribution in [0.15, 0.2) is 28.4 Å². The van der Waals surface area contributed by atoms with E-state index < -0.39 is 0 Å². The number of nitrogens with zero attached hydrogens (tertiary/aromatic N) is 4. The van der Waals surface area contributed by atoms with Gasteiger partial charge in [0.05, 0.1) is 17.4 Å². The van der Waals surface area contributed by atoms with Crippen LogP contribution in [-0.2, 0) is 0 Å². The lowest BCUT2D eigenvalue weighted by atomic mass is 9.71. The molecule has 150 valence electrons. The van der Waals surface area contributed by atoms with Crippen molar-refractivity contribution in [2.75, 3.05) is 23.7 Å². The van der Waals surface area contributed by atoms with E-state index in [-0.39, 0.29) is 5.15 Å². The Morgan fingerprint density at radius 1 is 1.18 bits per heavy atom. The maximum Gasteiger partial charge on any atom is 0.151 e. The second-order valence-corrected chi connectivity index (χ2v) is 10.1. The van der Waals surface area contributed by atoms with Crippen molar-refractivity contribution in [1.82, 2.24) is 15.0 Å². The lowest BCUT2D eigenvalue weighted by molar-refractivity contribution is 0.159. The van der Waals surface area contributed by atoms with E-state index in [2.05, 4.69) is 33.7 Å². The molecule has 2 aromatic rings. The van der Waals surface area contributed by atoms with Gasteiger partial charge >= 0.3 is 0 Å².